The monoisotopic (exact) mass is 152 g/mol. The van der Waals surface area contributed by atoms with Crippen molar-refractivity contribution in [2.24, 2.45) is 0 Å². The molecule has 4 nitrogen and oxygen atoms in total. The first-order valence-electron chi connectivity index (χ1n) is 2.57. The molecular weight excluding hydrogens is 150 g/mol. The van der Waals surface area contributed by atoms with E-state index < -0.39 is 0 Å². The van der Waals surface area contributed by atoms with Crippen molar-refractivity contribution in [1.29, 1.82) is 0 Å². The van der Waals surface area contributed by atoms with Crippen molar-refractivity contribution >= 4 is 11.5 Å². The van der Waals surface area contributed by atoms with Gasteiger partial charge in [-0.05, 0) is 11.5 Å². The summed E-state index contributed by atoms with van der Waals surface area (Å²) in [4.78, 5) is 3.82. The second-order valence-corrected chi connectivity index (χ2v) is 2.34. The molecule has 0 N–H and O–H groups in total. The third-order valence-corrected chi connectivity index (χ3v) is 1.63. The fraction of sp³-hybridized carbons (Fsp3) is 0. The van der Waals surface area contributed by atoms with E-state index in [9.17, 15) is 0 Å². The lowest BCUT2D eigenvalue weighted by molar-refractivity contribution is 0.422. The quantitative estimate of drug-likeness (QED) is 0.611. The fourth-order valence-electron chi connectivity index (χ4n) is 0.577. The van der Waals surface area contributed by atoms with Crippen molar-refractivity contribution in [3.63, 3.8) is 0 Å². The Morgan fingerprint density at radius 2 is 2.60 bits per heavy atom. The molecule has 0 aliphatic rings. The Bertz CT molecular complexity index is 256. The van der Waals surface area contributed by atoms with Gasteiger partial charge in [0.05, 0.1) is 0 Å². The Kier molecular flexibility index (Phi) is 1.21. The summed E-state index contributed by atoms with van der Waals surface area (Å²) >= 11 is 1.24. The first-order valence-corrected chi connectivity index (χ1v) is 3.34. The third kappa shape index (κ3) is 0.801. The van der Waals surface area contributed by atoms with E-state index in [0.717, 1.165) is 5.01 Å². The van der Waals surface area contributed by atoms with Gasteiger partial charge in [0.15, 0.2) is 5.01 Å². The largest absolute Gasteiger partial charge is 0.364 e. The van der Waals surface area contributed by atoms with E-state index >= 15 is 0 Å². The summed E-state index contributed by atoms with van der Waals surface area (Å²) in [6.07, 6.45) is 3.95. The van der Waals surface area contributed by atoms with Gasteiger partial charge in [-0.1, -0.05) is 5.16 Å². The molecule has 2 aromatic heterocycles. The Morgan fingerprint density at radius 1 is 1.60 bits per heavy atom. The number of nitrogens with zero attached hydrogens (tertiary/aromatic N) is 3. The molecule has 0 bridgehead atoms. The van der Waals surface area contributed by atoms with Crippen LogP contribution in [0.5, 0.6) is 0 Å². The summed E-state index contributed by atoms with van der Waals surface area (Å²) in [5.41, 5.74) is 0.707. The first-order chi connectivity index (χ1) is 4.97. The molecule has 0 fully saturated rings. The molecule has 0 atom stereocenters. The van der Waals surface area contributed by atoms with E-state index in [4.69, 9.17) is 0 Å². The molecule has 0 saturated heterocycles. The highest BCUT2D eigenvalue weighted by Crippen LogP contribution is 2.15. The average molecular weight is 152 g/mol. The molecule has 0 aliphatic heterocycles. The van der Waals surface area contributed by atoms with Gasteiger partial charge < -0.3 is 4.52 Å². The van der Waals surface area contributed by atoms with Crippen LogP contribution in [-0.2, 0) is 0 Å². The minimum atomic E-state index is 0.707. The van der Waals surface area contributed by atoms with Crippen LogP contribution in [0, 0.1) is 6.33 Å². The molecule has 0 aromatic carbocycles. The van der Waals surface area contributed by atoms with Crippen molar-refractivity contribution in [2.45, 2.75) is 0 Å². The van der Waals surface area contributed by atoms with Crippen LogP contribution in [0.2, 0.25) is 0 Å². The van der Waals surface area contributed by atoms with Crippen LogP contribution in [-0.4, -0.2) is 14.5 Å². The number of rotatable bonds is 1. The Hall–Kier alpha value is -1.23. The molecule has 1 radical (unpaired) electrons. The molecular formula is C5H2N3OS. The van der Waals surface area contributed by atoms with Crippen molar-refractivity contribution in [2.75, 3.05) is 0 Å². The number of hydrogen-bond acceptors (Lipinski definition) is 5. The Morgan fingerprint density at radius 3 is 3.20 bits per heavy atom. The first kappa shape index (κ1) is 5.55. The highest BCUT2D eigenvalue weighted by molar-refractivity contribution is 7.08. The molecule has 2 rings (SSSR count). The second-order valence-electron chi connectivity index (χ2n) is 1.58. The molecule has 5 heteroatoms. The van der Waals surface area contributed by atoms with Gasteiger partial charge in [0.2, 0.25) is 6.33 Å². The van der Waals surface area contributed by atoms with Gasteiger partial charge in [-0.3, -0.25) is 0 Å². The molecule has 10 heavy (non-hydrogen) atoms. The van der Waals surface area contributed by atoms with Crippen molar-refractivity contribution in [3.8, 4) is 10.7 Å². The SMILES string of the molecule is [c]1nsc(-c2ccon2)n1. The van der Waals surface area contributed by atoms with Gasteiger partial charge >= 0.3 is 0 Å². The van der Waals surface area contributed by atoms with E-state index in [2.05, 4.69) is 25.4 Å². The van der Waals surface area contributed by atoms with E-state index in [1.54, 1.807) is 6.07 Å². The van der Waals surface area contributed by atoms with Crippen LogP contribution in [0.25, 0.3) is 10.7 Å². The maximum Gasteiger partial charge on any atom is 0.212 e. The fourth-order valence-corrected chi connectivity index (χ4v) is 1.03. The lowest BCUT2D eigenvalue weighted by atomic mass is 10.5. The van der Waals surface area contributed by atoms with Gasteiger partial charge in [0.25, 0.3) is 0 Å². The Labute approximate surface area is 60.7 Å². The summed E-state index contributed by atoms with van der Waals surface area (Å²) in [6, 6.07) is 1.73. The van der Waals surface area contributed by atoms with Crippen LogP contribution >= 0.6 is 11.5 Å². The van der Waals surface area contributed by atoms with Crippen LogP contribution < -0.4 is 0 Å². The van der Waals surface area contributed by atoms with Crippen molar-refractivity contribution < 1.29 is 4.52 Å². The molecule has 0 saturated carbocycles. The minimum Gasteiger partial charge on any atom is -0.364 e. The standard InChI is InChI=1S/C5H2N3OS/c1-2-9-8-4(1)5-6-3-7-10-5/h1-2H. The minimum absolute atomic E-state index is 0.707. The average Bonchev–Trinajstić information content (AvgIpc) is 2.59. The zero-order chi connectivity index (χ0) is 6.81. The van der Waals surface area contributed by atoms with Crippen molar-refractivity contribution in [3.05, 3.63) is 18.7 Å². The van der Waals surface area contributed by atoms with Gasteiger partial charge in [-0.15, -0.1) is 0 Å². The molecule has 49 valence electrons. The number of hydrogen-bond donors (Lipinski definition) is 0. The van der Waals surface area contributed by atoms with Gasteiger partial charge in [0, 0.05) is 6.07 Å². The smallest absolute Gasteiger partial charge is 0.212 e. The number of aromatic nitrogens is 3. The van der Waals surface area contributed by atoms with Crippen molar-refractivity contribution in [1.82, 2.24) is 14.5 Å². The lowest BCUT2D eigenvalue weighted by Gasteiger charge is -1.78. The molecule has 2 aromatic rings. The molecule has 0 aliphatic carbocycles. The third-order valence-electron chi connectivity index (χ3n) is 0.981. The molecule has 0 amide bonds. The van der Waals surface area contributed by atoms with Crippen LogP contribution in [0.1, 0.15) is 0 Å². The highest BCUT2D eigenvalue weighted by Gasteiger charge is 2.02. The van der Waals surface area contributed by atoms with E-state index in [1.807, 2.05) is 0 Å². The maximum absolute atomic E-state index is 4.61. The van der Waals surface area contributed by atoms with Crippen LogP contribution in [0.4, 0.5) is 0 Å². The van der Waals surface area contributed by atoms with Gasteiger partial charge in [-0.25, -0.2) is 4.98 Å². The normalized spacial score (nSPS) is 10.0. The summed E-state index contributed by atoms with van der Waals surface area (Å²) in [5, 5.41) is 4.40. The summed E-state index contributed by atoms with van der Waals surface area (Å²) in [6.45, 7) is 0. The van der Waals surface area contributed by atoms with E-state index in [0.29, 0.717) is 5.69 Å². The van der Waals surface area contributed by atoms with Gasteiger partial charge in [0.1, 0.15) is 12.0 Å². The van der Waals surface area contributed by atoms with E-state index in [1.165, 1.54) is 17.8 Å². The maximum atomic E-state index is 4.61. The predicted octanol–water partition coefficient (Wildman–Crippen LogP) is 0.993. The van der Waals surface area contributed by atoms with Crippen LogP contribution in [0.15, 0.2) is 16.9 Å². The summed E-state index contributed by atoms with van der Waals surface area (Å²) in [7, 11) is 0. The topological polar surface area (TPSA) is 51.8 Å². The molecule has 0 spiro atoms. The van der Waals surface area contributed by atoms with Crippen LogP contribution in [0.3, 0.4) is 0 Å². The zero-order valence-electron chi connectivity index (χ0n) is 4.81. The highest BCUT2D eigenvalue weighted by atomic mass is 32.1. The lowest BCUT2D eigenvalue weighted by Crippen LogP contribution is -1.71. The summed E-state index contributed by atoms with van der Waals surface area (Å²) < 4.78 is 8.32. The summed E-state index contributed by atoms with van der Waals surface area (Å²) in [5.74, 6) is 0. The van der Waals surface area contributed by atoms with E-state index in [-0.39, 0.29) is 0 Å². The molecule has 2 heterocycles. The second kappa shape index (κ2) is 2.18. The zero-order valence-corrected chi connectivity index (χ0v) is 5.63. The predicted molar refractivity (Wildman–Crippen MR) is 34.2 cm³/mol. The molecule has 0 unspecified atom stereocenters. The Balaban J connectivity index is 2.48. The van der Waals surface area contributed by atoms with Gasteiger partial charge in [-0.2, -0.15) is 4.37 Å².